The first kappa shape index (κ1) is 29.3. The minimum atomic E-state index is -1.16. The molecule has 0 fully saturated rings. The summed E-state index contributed by atoms with van der Waals surface area (Å²) in [5, 5.41) is 5.96. The SMILES string of the molecule is C[Si](C)(C)CCOCn1ncc2cc(Cn3c(=O)n(-c4cccc(OCc5ccccc5)c4)c(=O)c4ccccc43)ccc21. The molecule has 0 atom stereocenters. The summed E-state index contributed by atoms with van der Waals surface area (Å²) in [5.41, 5.74) is 3.18. The average molecular weight is 605 g/mol. The molecule has 0 saturated heterocycles. The number of hydrogen-bond acceptors (Lipinski definition) is 5. The van der Waals surface area contributed by atoms with Crippen molar-refractivity contribution in [1.82, 2.24) is 18.9 Å². The van der Waals surface area contributed by atoms with Crippen LogP contribution in [0.1, 0.15) is 11.1 Å². The average Bonchev–Trinajstić information content (AvgIpc) is 3.43. The summed E-state index contributed by atoms with van der Waals surface area (Å²) in [5.74, 6) is 0.573. The molecule has 6 rings (SSSR count). The third kappa shape index (κ3) is 6.44. The fourth-order valence-electron chi connectivity index (χ4n) is 5.20. The van der Waals surface area contributed by atoms with Gasteiger partial charge in [0.15, 0.2) is 0 Å². The van der Waals surface area contributed by atoms with Gasteiger partial charge in [0.2, 0.25) is 0 Å². The number of fused-ring (bicyclic) bond motifs is 2. The third-order valence-electron chi connectivity index (χ3n) is 7.63. The van der Waals surface area contributed by atoms with Gasteiger partial charge in [-0.3, -0.25) is 9.36 Å². The van der Waals surface area contributed by atoms with Gasteiger partial charge in [0.1, 0.15) is 19.1 Å². The normalized spacial score (nSPS) is 11.8. The van der Waals surface area contributed by atoms with Crippen molar-refractivity contribution in [2.24, 2.45) is 0 Å². The molecule has 0 saturated carbocycles. The van der Waals surface area contributed by atoms with Crippen LogP contribution in [-0.4, -0.2) is 33.6 Å². The van der Waals surface area contributed by atoms with Gasteiger partial charge in [-0.25, -0.2) is 14.0 Å². The highest BCUT2D eigenvalue weighted by Gasteiger charge is 2.16. The van der Waals surface area contributed by atoms with Crippen molar-refractivity contribution in [2.45, 2.75) is 45.6 Å². The zero-order valence-electron chi connectivity index (χ0n) is 25.3. The van der Waals surface area contributed by atoms with Crippen molar-refractivity contribution in [1.29, 1.82) is 0 Å². The molecule has 0 aliphatic heterocycles. The topological polar surface area (TPSA) is 80.3 Å². The summed E-state index contributed by atoms with van der Waals surface area (Å²) in [6, 6.07) is 31.3. The number of benzene rings is 4. The van der Waals surface area contributed by atoms with Gasteiger partial charge >= 0.3 is 5.69 Å². The lowest BCUT2D eigenvalue weighted by molar-refractivity contribution is 0.0817. The summed E-state index contributed by atoms with van der Waals surface area (Å²) < 4.78 is 16.6. The number of hydrogen-bond donors (Lipinski definition) is 0. The molecule has 224 valence electrons. The zero-order valence-corrected chi connectivity index (χ0v) is 26.3. The van der Waals surface area contributed by atoms with Gasteiger partial charge in [-0.2, -0.15) is 5.10 Å². The molecule has 2 aromatic heterocycles. The molecule has 0 N–H and O–H groups in total. The number of rotatable bonds is 11. The highest BCUT2D eigenvalue weighted by Crippen LogP contribution is 2.20. The van der Waals surface area contributed by atoms with E-state index >= 15 is 0 Å². The van der Waals surface area contributed by atoms with Crippen molar-refractivity contribution < 1.29 is 9.47 Å². The number of nitrogens with zero attached hydrogens (tertiary/aromatic N) is 4. The van der Waals surface area contributed by atoms with Gasteiger partial charge in [-0.15, -0.1) is 0 Å². The van der Waals surface area contributed by atoms with Gasteiger partial charge in [-0.1, -0.05) is 74.2 Å². The molecule has 0 amide bonds. The van der Waals surface area contributed by atoms with Crippen LogP contribution in [0, 0.1) is 0 Å². The van der Waals surface area contributed by atoms with E-state index in [1.54, 1.807) is 28.8 Å². The summed E-state index contributed by atoms with van der Waals surface area (Å²) in [6.07, 6.45) is 1.82. The van der Waals surface area contributed by atoms with Crippen LogP contribution in [0.15, 0.2) is 113 Å². The van der Waals surface area contributed by atoms with E-state index < -0.39 is 13.8 Å². The van der Waals surface area contributed by atoms with Crippen LogP contribution in [0.2, 0.25) is 25.7 Å². The first-order valence-corrected chi connectivity index (χ1v) is 18.5. The smallest absolute Gasteiger partial charge is 0.336 e. The van der Waals surface area contributed by atoms with E-state index in [0.717, 1.165) is 34.7 Å². The lowest BCUT2D eigenvalue weighted by atomic mass is 10.1. The Bertz CT molecular complexity index is 2040. The number of para-hydroxylation sites is 1. The Morgan fingerprint density at radius 1 is 0.795 bits per heavy atom. The van der Waals surface area contributed by atoms with E-state index in [4.69, 9.17) is 9.47 Å². The van der Waals surface area contributed by atoms with Gasteiger partial charge < -0.3 is 9.47 Å². The molecular formula is C35H36N4O4Si. The summed E-state index contributed by atoms with van der Waals surface area (Å²) >= 11 is 0. The fourth-order valence-corrected chi connectivity index (χ4v) is 5.96. The van der Waals surface area contributed by atoms with Crippen molar-refractivity contribution in [2.75, 3.05) is 6.61 Å². The van der Waals surface area contributed by atoms with Crippen molar-refractivity contribution in [3.63, 3.8) is 0 Å². The van der Waals surface area contributed by atoms with E-state index in [2.05, 4.69) is 24.7 Å². The van der Waals surface area contributed by atoms with E-state index in [0.29, 0.717) is 35.7 Å². The molecule has 8 nitrogen and oxygen atoms in total. The quantitative estimate of drug-likeness (QED) is 0.126. The predicted octanol–water partition coefficient (Wildman–Crippen LogP) is 6.44. The molecular weight excluding hydrogens is 568 g/mol. The van der Waals surface area contributed by atoms with Crippen LogP contribution in [0.4, 0.5) is 0 Å². The Morgan fingerprint density at radius 3 is 2.41 bits per heavy atom. The van der Waals surface area contributed by atoms with Crippen LogP contribution in [-0.2, 0) is 24.6 Å². The Kier molecular flexibility index (Phi) is 8.32. The molecule has 0 radical (unpaired) electrons. The third-order valence-corrected chi connectivity index (χ3v) is 9.34. The maximum atomic E-state index is 14.0. The fraction of sp³-hybridized carbons (Fsp3) is 0.229. The summed E-state index contributed by atoms with van der Waals surface area (Å²) in [6.45, 7) is 8.80. The highest BCUT2D eigenvalue weighted by molar-refractivity contribution is 6.76. The van der Waals surface area contributed by atoms with Crippen LogP contribution >= 0.6 is 0 Å². The molecule has 0 unspecified atom stereocenters. The Balaban J connectivity index is 1.31. The molecule has 2 heterocycles. The first-order valence-electron chi connectivity index (χ1n) is 14.8. The van der Waals surface area contributed by atoms with E-state index in [-0.39, 0.29) is 12.1 Å². The first-order chi connectivity index (χ1) is 21.3. The largest absolute Gasteiger partial charge is 0.489 e. The molecule has 0 aliphatic carbocycles. The van der Waals surface area contributed by atoms with Crippen molar-refractivity contribution in [3.8, 4) is 11.4 Å². The molecule has 0 spiro atoms. The van der Waals surface area contributed by atoms with Gasteiger partial charge in [-0.05, 0) is 53.6 Å². The molecule has 9 heteroatoms. The molecule has 0 bridgehead atoms. The van der Waals surface area contributed by atoms with Crippen LogP contribution in [0.3, 0.4) is 0 Å². The highest BCUT2D eigenvalue weighted by atomic mass is 28.3. The standard InChI is InChI=1S/C35H36N4O4Si/c1-44(2,3)19-18-42-25-38-32-17-16-27(20-28(32)22-36-38)23-37-33-15-8-7-14-31(33)34(40)39(35(37)41)29-12-9-13-30(21-29)43-24-26-10-5-4-6-11-26/h4-17,20-22H,18-19,23-25H2,1-3H3. The second kappa shape index (κ2) is 12.5. The monoisotopic (exact) mass is 604 g/mol. The summed E-state index contributed by atoms with van der Waals surface area (Å²) in [7, 11) is -1.16. The second-order valence-electron chi connectivity index (χ2n) is 12.2. The lowest BCUT2D eigenvalue weighted by Crippen LogP contribution is -2.39. The van der Waals surface area contributed by atoms with Crippen LogP contribution in [0.5, 0.6) is 5.75 Å². The van der Waals surface area contributed by atoms with Gasteiger partial charge in [0, 0.05) is 26.1 Å². The van der Waals surface area contributed by atoms with E-state index in [1.165, 1.54) is 4.57 Å². The molecule has 6 aromatic rings. The minimum Gasteiger partial charge on any atom is -0.489 e. The Labute approximate surface area is 256 Å². The van der Waals surface area contributed by atoms with E-state index in [1.807, 2.05) is 83.7 Å². The Hall–Kier alpha value is -4.73. The number of ether oxygens (including phenoxy) is 2. The maximum Gasteiger partial charge on any atom is 0.336 e. The molecule has 4 aromatic carbocycles. The number of aromatic nitrogens is 4. The van der Waals surface area contributed by atoms with E-state index in [9.17, 15) is 9.59 Å². The van der Waals surface area contributed by atoms with Crippen LogP contribution in [0.25, 0.3) is 27.5 Å². The lowest BCUT2D eigenvalue weighted by Gasteiger charge is -2.16. The van der Waals surface area contributed by atoms with Crippen molar-refractivity contribution in [3.05, 3.63) is 135 Å². The second-order valence-corrected chi connectivity index (χ2v) is 17.8. The van der Waals surface area contributed by atoms with Gasteiger partial charge in [0.05, 0.1) is 34.8 Å². The molecule has 44 heavy (non-hydrogen) atoms. The predicted molar refractivity (Wildman–Crippen MR) is 178 cm³/mol. The minimum absolute atomic E-state index is 0.289. The maximum absolute atomic E-state index is 14.0. The molecule has 0 aliphatic rings. The zero-order chi connectivity index (χ0) is 30.7. The summed E-state index contributed by atoms with van der Waals surface area (Å²) in [4.78, 5) is 27.7. The van der Waals surface area contributed by atoms with Gasteiger partial charge in [0.25, 0.3) is 5.56 Å². The van der Waals surface area contributed by atoms with Crippen LogP contribution < -0.4 is 16.0 Å². The van der Waals surface area contributed by atoms with Crippen molar-refractivity contribution >= 4 is 29.9 Å². The Morgan fingerprint density at radius 2 is 1.59 bits per heavy atom.